The maximum atomic E-state index is 11.7. The van der Waals surface area contributed by atoms with Crippen molar-refractivity contribution in [3.63, 3.8) is 0 Å². The molecular weight excluding hydrogens is 330 g/mol. The highest BCUT2D eigenvalue weighted by Crippen LogP contribution is 2.33. The summed E-state index contributed by atoms with van der Waals surface area (Å²) in [6, 6.07) is 5.52. The first-order chi connectivity index (χ1) is 11.6. The number of methoxy groups -OCH3 is 1. The Hall–Kier alpha value is -1.94. The van der Waals surface area contributed by atoms with Crippen LogP contribution in [0.1, 0.15) is 23.1 Å². The molecule has 2 aliphatic heterocycles. The third-order valence-electron chi connectivity index (χ3n) is 4.38. The van der Waals surface area contributed by atoms with E-state index in [-0.39, 0.29) is 17.9 Å². The number of nitriles is 1. The van der Waals surface area contributed by atoms with E-state index in [0.717, 1.165) is 16.8 Å². The molecule has 1 aromatic rings. The van der Waals surface area contributed by atoms with E-state index in [0.29, 0.717) is 36.8 Å². The minimum Gasteiger partial charge on any atom is -0.382 e. The van der Waals surface area contributed by atoms with Crippen LogP contribution < -0.4 is 0 Å². The summed E-state index contributed by atoms with van der Waals surface area (Å²) >= 11 is 6.29. The molecule has 7 heteroatoms. The van der Waals surface area contributed by atoms with Crippen molar-refractivity contribution in [3.05, 3.63) is 33.8 Å². The second-order valence-corrected chi connectivity index (χ2v) is 6.27. The lowest BCUT2D eigenvalue weighted by Crippen LogP contribution is -2.36. The van der Waals surface area contributed by atoms with Crippen molar-refractivity contribution in [2.24, 2.45) is 5.10 Å². The van der Waals surface area contributed by atoms with Crippen LogP contribution in [-0.4, -0.2) is 55.5 Å². The normalized spacial score (nSPS) is 22.5. The van der Waals surface area contributed by atoms with E-state index in [1.54, 1.807) is 18.2 Å². The van der Waals surface area contributed by atoms with Crippen LogP contribution in [0.4, 0.5) is 0 Å². The Labute approximate surface area is 145 Å². The molecule has 1 saturated heterocycles. The molecule has 0 aromatic heterocycles. The zero-order valence-corrected chi connectivity index (χ0v) is 14.3. The Balaban J connectivity index is 1.95. The summed E-state index contributed by atoms with van der Waals surface area (Å²) in [5, 5.41) is 15.9. The Morgan fingerprint density at radius 2 is 2.25 bits per heavy atom. The molecule has 1 aromatic carbocycles. The minimum atomic E-state index is -0.311. The van der Waals surface area contributed by atoms with Crippen molar-refractivity contribution >= 4 is 23.1 Å². The van der Waals surface area contributed by atoms with Crippen LogP contribution in [0.5, 0.6) is 0 Å². The molecular formula is C17H18ClN3O3. The fourth-order valence-electron chi connectivity index (χ4n) is 3.16. The predicted molar refractivity (Wildman–Crippen MR) is 89.2 cm³/mol. The maximum Gasteiger partial charge on any atom is 0.156 e. The van der Waals surface area contributed by atoms with Gasteiger partial charge in [-0.15, -0.1) is 0 Å². The minimum absolute atomic E-state index is 0.0850. The highest BCUT2D eigenvalue weighted by Gasteiger charge is 2.44. The van der Waals surface area contributed by atoms with Gasteiger partial charge in [0.25, 0.3) is 0 Å². The number of rotatable bonds is 5. The van der Waals surface area contributed by atoms with Gasteiger partial charge in [0, 0.05) is 19.1 Å². The molecule has 126 valence electrons. The second kappa shape index (κ2) is 6.89. The van der Waals surface area contributed by atoms with Crippen LogP contribution >= 0.6 is 11.6 Å². The number of ketones is 1. The van der Waals surface area contributed by atoms with Crippen LogP contribution in [0.15, 0.2) is 17.2 Å². The molecule has 0 spiro atoms. The van der Waals surface area contributed by atoms with Gasteiger partial charge in [0.1, 0.15) is 12.2 Å². The largest absolute Gasteiger partial charge is 0.382 e. The number of carbonyl (C=O) groups excluding carboxylic acids is 1. The Bertz CT molecular complexity index is 741. The van der Waals surface area contributed by atoms with Gasteiger partial charge in [0.2, 0.25) is 0 Å². The first-order valence-electron chi connectivity index (χ1n) is 7.73. The number of hydrazone groups is 1. The zero-order chi connectivity index (χ0) is 17.3. The Morgan fingerprint density at radius 1 is 1.46 bits per heavy atom. The quantitative estimate of drug-likeness (QED) is 0.761. The molecule has 1 fully saturated rings. The van der Waals surface area contributed by atoms with E-state index in [2.05, 4.69) is 11.2 Å². The van der Waals surface area contributed by atoms with Crippen LogP contribution in [0.3, 0.4) is 0 Å². The molecule has 2 heterocycles. The molecule has 0 bridgehead atoms. The number of carbonyl (C=O) groups is 1. The lowest BCUT2D eigenvalue weighted by Gasteiger charge is -2.21. The fraction of sp³-hybridized carbons (Fsp3) is 0.471. The summed E-state index contributed by atoms with van der Waals surface area (Å²) in [5.41, 5.74) is 2.84. The summed E-state index contributed by atoms with van der Waals surface area (Å²) in [6.07, 6.45) is 0.113. The van der Waals surface area contributed by atoms with E-state index in [4.69, 9.17) is 26.3 Å². The number of Topliss-reactive ketones (excluding diaryl/α,β-unsaturated/α-hetero) is 1. The van der Waals surface area contributed by atoms with Crippen LogP contribution in [0, 0.1) is 18.3 Å². The first-order valence-corrected chi connectivity index (χ1v) is 8.11. The summed E-state index contributed by atoms with van der Waals surface area (Å²) in [6.45, 7) is 3.06. The second-order valence-electron chi connectivity index (χ2n) is 5.89. The third-order valence-corrected chi connectivity index (χ3v) is 4.87. The highest BCUT2D eigenvalue weighted by molar-refractivity contribution is 6.33. The highest BCUT2D eigenvalue weighted by atomic mass is 35.5. The van der Waals surface area contributed by atoms with Gasteiger partial charge in [-0.25, -0.2) is 0 Å². The number of nitrogens with zero attached hydrogens (tertiary/aromatic N) is 3. The molecule has 0 N–H and O–H groups in total. The van der Waals surface area contributed by atoms with Gasteiger partial charge in [-0.3, -0.25) is 9.80 Å². The lowest BCUT2D eigenvalue weighted by molar-refractivity contribution is -0.117. The number of benzene rings is 1. The number of hydrogen-bond acceptors (Lipinski definition) is 6. The van der Waals surface area contributed by atoms with Gasteiger partial charge in [-0.05, 0) is 18.6 Å². The van der Waals surface area contributed by atoms with Gasteiger partial charge < -0.3 is 9.47 Å². The average molecular weight is 348 g/mol. The molecule has 0 saturated carbocycles. The van der Waals surface area contributed by atoms with Gasteiger partial charge in [0.15, 0.2) is 5.78 Å². The molecule has 2 atom stereocenters. The molecule has 3 rings (SSSR count). The van der Waals surface area contributed by atoms with Gasteiger partial charge in [0.05, 0.1) is 42.1 Å². The SMILES string of the molecule is COCCO[C@@H]1C(c2ccc(C#N)c(Cl)c2C)=NN2CC(=O)C[C@@H]12. The van der Waals surface area contributed by atoms with Gasteiger partial charge >= 0.3 is 0 Å². The smallest absolute Gasteiger partial charge is 0.156 e. The fourth-order valence-corrected chi connectivity index (χ4v) is 3.36. The molecule has 0 amide bonds. The summed E-state index contributed by atoms with van der Waals surface area (Å²) in [5.74, 6) is 0.165. The summed E-state index contributed by atoms with van der Waals surface area (Å²) in [4.78, 5) is 11.7. The topological polar surface area (TPSA) is 74.9 Å². The van der Waals surface area contributed by atoms with Crippen molar-refractivity contribution in [1.82, 2.24) is 5.01 Å². The third kappa shape index (κ3) is 2.91. The number of hydrogen-bond donors (Lipinski definition) is 0. The average Bonchev–Trinajstić information content (AvgIpc) is 3.07. The van der Waals surface area contributed by atoms with Crippen molar-refractivity contribution in [3.8, 4) is 6.07 Å². The summed E-state index contributed by atoms with van der Waals surface area (Å²) < 4.78 is 11.0. The monoisotopic (exact) mass is 347 g/mol. The van der Waals surface area contributed by atoms with E-state index < -0.39 is 0 Å². The van der Waals surface area contributed by atoms with Crippen LogP contribution in [0.2, 0.25) is 5.02 Å². The van der Waals surface area contributed by atoms with E-state index in [9.17, 15) is 4.79 Å². The van der Waals surface area contributed by atoms with Crippen LogP contribution in [-0.2, 0) is 14.3 Å². The standard InChI is InChI=1S/C17H18ClN3O3/c1-10-13(4-3-11(8-19)15(10)18)16-17(24-6-5-23-2)14-7-12(22)9-21(14)20-16/h3-4,14,17H,5-7,9H2,1-2H3/t14-,17-/m0/s1. The van der Waals surface area contributed by atoms with E-state index in [1.807, 2.05) is 13.0 Å². The van der Waals surface area contributed by atoms with Crippen LogP contribution in [0.25, 0.3) is 0 Å². The first kappa shape index (κ1) is 16.9. The molecule has 0 unspecified atom stereocenters. The molecule has 0 aliphatic carbocycles. The lowest BCUT2D eigenvalue weighted by atomic mass is 9.95. The number of fused-ring (bicyclic) bond motifs is 1. The summed E-state index contributed by atoms with van der Waals surface area (Å²) in [7, 11) is 1.61. The number of halogens is 1. The molecule has 24 heavy (non-hydrogen) atoms. The maximum absolute atomic E-state index is 11.7. The molecule has 6 nitrogen and oxygen atoms in total. The Kier molecular flexibility index (Phi) is 4.86. The van der Waals surface area contributed by atoms with Crippen molar-refractivity contribution in [2.45, 2.75) is 25.5 Å². The Morgan fingerprint density at radius 3 is 2.96 bits per heavy atom. The van der Waals surface area contributed by atoms with Crippen molar-refractivity contribution in [2.75, 3.05) is 26.9 Å². The zero-order valence-electron chi connectivity index (χ0n) is 13.6. The van der Waals surface area contributed by atoms with Crippen molar-refractivity contribution in [1.29, 1.82) is 5.26 Å². The number of ether oxygens (including phenoxy) is 2. The van der Waals surface area contributed by atoms with Gasteiger partial charge in [-0.1, -0.05) is 17.7 Å². The van der Waals surface area contributed by atoms with E-state index >= 15 is 0 Å². The molecule has 0 radical (unpaired) electrons. The molecule has 2 aliphatic rings. The predicted octanol–water partition coefficient (Wildman–Crippen LogP) is 1.91. The van der Waals surface area contributed by atoms with E-state index in [1.165, 1.54) is 0 Å². The van der Waals surface area contributed by atoms with Gasteiger partial charge in [-0.2, -0.15) is 10.4 Å². The van der Waals surface area contributed by atoms with Crippen molar-refractivity contribution < 1.29 is 14.3 Å².